The van der Waals surface area contributed by atoms with Crippen LogP contribution in [0.5, 0.6) is 0 Å². The van der Waals surface area contributed by atoms with Crippen molar-refractivity contribution in [1.82, 2.24) is 5.32 Å². The topological polar surface area (TPSA) is 49.3 Å². The van der Waals surface area contributed by atoms with Crippen LogP contribution in [0.1, 0.15) is 39.5 Å². The summed E-state index contributed by atoms with van der Waals surface area (Å²) in [5.74, 6) is 0.928. The molecule has 0 aromatic rings. The molecule has 0 heterocycles. The summed E-state index contributed by atoms with van der Waals surface area (Å²) in [6, 6.07) is 0.147. The first-order valence-electron chi connectivity index (χ1n) is 5.60. The van der Waals surface area contributed by atoms with Gasteiger partial charge >= 0.3 is 0 Å². The molecule has 0 spiro atoms. The van der Waals surface area contributed by atoms with Crippen LogP contribution in [-0.4, -0.2) is 23.7 Å². The predicted octanol–water partition coefficient (Wildman–Crippen LogP) is 1.31. The average molecular weight is 199 g/mol. The lowest BCUT2D eigenvalue weighted by atomic mass is 10.0. The molecular weight excluding hydrogens is 178 g/mol. The van der Waals surface area contributed by atoms with Gasteiger partial charge in [0, 0.05) is 18.6 Å². The zero-order chi connectivity index (χ0) is 10.6. The zero-order valence-electron chi connectivity index (χ0n) is 9.12. The van der Waals surface area contributed by atoms with Gasteiger partial charge in [-0.3, -0.25) is 4.79 Å². The van der Waals surface area contributed by atoms with Gasteiger partial charge in [0.25, 0.3) is 0 Å². The van der Waals surface area contributed by atoms with Crippen molar-refractivity contribution in [1.29, 1.82) is 0 Å². The molecule has 1 aliphatic rings. The minimum Gasteiger partial charge on any atom is -0.396 e. The van der Waals surface area contributed by atoms with E-state index >= 15 is 0 Å². The average Bonchev–Trinajstić information content (AvgIpc) is 2.99. The number of aliphatic hydroxyl groups is 1. The fourth-order valence-electron chi connectivity index (χ4n) is 1.68. The van der Waals surface area contributed by atoms with Gasteiger partial charge in [0.1, 0.15) is 0 Å². The second kappa shape index (κ2) is 5.35. The Morgan fingerprint density at radius 2 is 2.21 bits per heavy atom. The van der Waals surface area contributed by atoms with Crippen LogP contribution in [0.3, 0.4) is 0 Å². The van der Waals surface area contributed by atoms with Gasteiger partial charge in [-0.2, -0.15) is 0 Å². The fourth-order valence-corrected chi connectivity index (χ4v) is 1.68. The van der Waals surface area contributed by atoms with Gasteiger partial charge in [0.05, 0.1) is 0 Å². The van der Waals surface area contributed by atoms with E-state index in [0.717, 1.165) is 6.42 Å². The van der Waals surface area contributed by atoms with E-state index in [9.17, 15) is 4.79 Å². The van der Waals surface area contributed by atoms with Gasteiger partial charge in [0.15, 0.2) is 0 Å². The summed E-state index contributed by atoms with van der Waals surface area (Å²) < 4.78 is 0. The Labute approximate surface area is 85.9 Å². The molecule has 0 saturated heterocycles. The van der Waals surface area contributed by atoms with E-state index in [1.807, 2.05) is 13.8 Å². The van der Waals surface area contributed by atoms with Crippen molar-refractivity contribution in [3.8, 4) is 0 Å². The van der Waals surface area contributed by atoms with Crippen molar-refractivity contribution in [2.24, 2.45) is 11.8 Å². The molecule has 1 rings (SSSR count). The van der Waals surface area contributed by atoms with Crippen molar-refractivity contribution < 1.29 is 9.90 Å². The number of hydrogen-bond acceptors (Lipinski definition) is 2. The molecule has 14 heavy (non-hydrogen) atoms. The van der Waals surface area contributed by atoms with Crippen LogP contribution >= 0.6 is 0 Å². The van der Waals surface area contributed by atoms with E-state index in [0.29, 0.717) is 12.3 Å². The molecule has 0 aliphatic heterocycles. The SMILES string of the molecule is CCC(CCO)NC(=O)C(C)C1CC1. The largest absolute Gasteiger partial charge is 0.396 e. The third-order valence-electron chi connectivity index (χ3n) is 3.06. The Hall–Kier alpha value is -0.570. The van der Waals surface area contributed by atoms with Crippen molar-refractivity contribution in [2.75, 3.05) is 6.61 Å². The van der Waals surface area contributed by atoms with Crippen molar-refractivity contribution in [2.45, 2.75) is 45.6 Å². The first kappa shape index (κ1) is 11.5. The first-order valence-corrected chi connectivity index (χ1v) is 5.60. The summed E-state index contributed by atoms with van der Waals surface area (Å²) in [6.45, 7) is 4.18. The smallest absolute Gasteiger partial charge is 0.223 e. The van der Waals surface area contributed by atoms with Crippen molar-refractivity contribution in [3.05, 3.63) is 0 Å². The third kappa shape index (κ3) is 3.29. The maximum absolute atomic E-state index is 11.7. The number of aliphatic hydroxyl groups excluding tert-OH is 1. The van der Waals surface area contributed by atoms with Gasteiger partial charge < -0.3 is 10.4 Å². The molecule has 2 unspecified atom stereocenters. The third-order valence-corrected chi connectivity index (χ3v) is 3.06. The lowest BCUT2D eigenvalue weighted by Gasteiger charge is -2.18. The number of nitrogens with one attached hydrogen (secondary N) is 1. The summed E-state index contributed by atoms with van der Waals surface area (Å²) in [5.41, 5.74) is 0. The second-order valence-electron chi connectivity index (χ2n) is 4.25. The molecule has 0 aromatic carbocycles. The highest BCUT2D eigenvalue weighted by Crippen LogP contribution is 2.36. The van der Waals surface area contributed by atoms with E-state index < -0.39 is 0 Å². The van der Waals surface area contributed by atoms with E-state index in [1.165, 1.54) is 12.8 Å². The molecule has 82 valence electrons. The number of amides is 1. The van der Waals surface area contributed by atoms with Crippen LogP contribution in [0, 0.1) is 11.8 Å². The molecule has 2 N–H and O–H groups in total. The number of hydrogen-bond donors (Lipinski definition) is 2. The summed E-state index contributed by atoms with van der Waals surface area (Å²) in [6.07, 6.45) is 3.96. The molecular formula is C11H21NO2. The lowest BCUT2D eigenvalue weighted by molar-refractivity contribution is -0.125. The summed E-state index contributed by atoms with van der Waals surface area (Å²) in [7, 11) is 0. The van der Waals surface area contributed by atoms with Gasteiger partial charge in [-0.05, 0) is 31.6 Å². The van der Waals surface area contributed by atoms with E-state index in [2.05, 4.69) is 5.32 Å². The molecule has 3 heteroatoms. The molecule has 0 bridgehead atoms. The van der Waals surface area contributed by atoms with Crippen molar-refractivity contribution >= 4 is 5.91 Å². The Balaban J connectivity index is 2.29. The standard InChI is InChI=1S/C11H21NO2/c1-3-10(6-7-13)12-11(14)8(2)9-4-5-9/h8-10,13H,3-7H2,1-2H3,(H,12,14). The van der Waals surface area contributed by atoms with Crippen LogP contribution in [0.25, 0.3) is 0 Å². The van der Waals surface area contributed by atoms with Gasteiger partial charge in [0.2, 0.25) is 5.91 Å². The Kier molecular flexibility index (Phi) is 4.39. The number of carbonyl (C=O) groups is 1. The van der Waals surface area contributed by atoms with Gasteiger partial charge in [-0.25, -0.2) is 0 Å². The van der Waals surface area contributed by atoms with Crippen molar-refractivity contribution in [3.63, 3.8) is 0 Å². The molecule has 1 fully saturated rings. The van der Waals surface area contributed by atoms with Gasteiger partial charge in [-0.1, -0.05) is 13.8 Å². The summed E-state index contributed by atoms with van der Waals surface area (Å²) >= 11 is 0. The Morgan fingerprint density at radius 1 is 1.57 bits per heavy atom. The molecule has 1 amide bonds. The monoisotopic (exact) mass is 199 g/mol. The molecule has 1 aliphatic carbocycles. The van der Waals surface area contributed by atoms with Crippen LogP contribution < -0.4 is 5.32 Å². The van der Waals surface area contributed by atoms with Crippen LogP contribution in [-0.2, 0) is 4.79 Å². The van der Waals surface area contributed by atoms with Gasteiger partial charge in [-0.15, -0.1) is 0 Å². The van der Waals surface area contributed by atoms with Crippen LogP contribution in [0.2, 0.25) is 0 Å². The predicted molar refractivity (Wildman–Crippen MR) is 55.8 cm³/mol. The zero-order valence-corrected chi connectivity index (χ0v) is 9.12. The molecule has 0 aromatic heterocycles. The first-order chi connectivity index (χ1) is 6.69. The highest BCUT2D eigenvalue weighted by Gasteiger charge is 2.32. The quantitative estimate of drug-likeness (QED) is 0.677. The van der Waals surface area contributed by atoms with E-state index in [-0.39, 0.29) is 24.5 Å². The minimum absolute atomic E-state index is 0.147. The molecule has 2 atom stereocenters. The Morgan fingerprint density at radius 3 is 2.64 bits per heavy atom. The second-order valence-corrected chi connectivity index (χ2v) is 4.25. The highest BCUT2D eigenvalue weighted by molar-refractivity contribution is 5.79. The highest BCUT2D eigenvalue weighted by atomic mass is 16.3. The van der Waals surface area contributed by atoms with Crippen LogP contribution in [0.4, 0.5) is 0 Å². The van der Waals surface area contributed by atoms with E-state index in [1.54, 1.807) is 0 Å². The molecule has 1 saturated carbocycles. The maximum atomic E-state index is 11.7. The number of rotatable bonds is 6. The normalized spacial score (nSPS) is 20.2. The summed E-state index contributed by atoms with van der Waals surface area (Å²) in [4.78, 5) is 11.7. The Bertz CT molecular complexity index is 190. The fraction of sp³-hybridized carbons (Fsp3) is 0.909. The molecule has 3 nitrogen and oxygen atoms in total. The number of carbonyl (C=O) groups excluding carboxylic acids is 1. The lowest BCUT2D eigenvalue weighted by Crippen LogP contribution is -2.38. The van der Waals surface area contributed by atoms with E-state index in [4.69, 9.17) is 5.11 Å². The minimum atomic E-state index is 0.147. The molecule has 0 radical (unpaired) electrons. The van der Waals surface area contributed by atoms with Crippen LogP contribution in [0.15, 0.2) is 0 Å². The maximum Gasteiger partial charge on any atom is 0.223 e. The summed E-state index contributed by atoms with van der Waals surface area (Å²) in [5, 5.41) is 11.8.